The second-order valence-electron chi connectivity index (χ2n) is 8.34. The number of phenolic OH excluding ortho intramolecular Hbond substituents is 1. The summed E-state index contributed by atoms with van der Waals surface area (Å²) < 4.78 is 44.1. The van der Waals surface area contributed by atoms with Gasteiger partial charge in [0.2, 0.25) is 0 Å². The molecule has 0 bridgehead atoms. The number of aliphatic carboxylic acids is 1. The lowest BCUT2D eigenvalue weighted by molar-refractivity contribution is -0.139. The van der Waals surface area contributed by atoms with Gasteiger partial charge in [-0.05, 0) is 43.0 Å². The van der Waals surface area contributed by atoms with Gasteiger partial charge in [0.1, 0.15) is 5.82 Å². The van der Waals surface area contributed by atoms with Crippen molar-refractivity contribution in [3.63, 3.8) is 0 Å². The number of aromatic hydroxyl groups is 1. The average Bonchev–Trinajstić information content (AvgIpc) is 3.35. The molecule has 0 spiro atoms. The van der Waals surface area contributed by atoms with Gasteiger partial charge in [-0.15, -0.1) is 0 Å². The van der Waals surface area contributed by atoms with E-state index < -0.39 is 41.0 Å². The Hall–Kier alpha value is -3.29. The predicted octanol–water partition coefficient (Wildman–Crippen LogP) is 5.51. The first-order valence-corrected chi connectivity index (χ1v) is 10.5. The number of aromatic nitrogens is 1. The maximum Gasteiger partial charge on any atom is 0.311 e. The number of halogens is 3. The van der Waals surface area contributed by atoms with E-state index in [1.807, 2.05) is 0 Å². The molecular formula is C24H22F3NO4. The number of hydrogen-bond acceptors (Lipinski definition) is 3. The lowest BCUT2D eigenvalue weighted by atomic mass is 9.86. The molecule has 1 aliphatic rings. The molecule has 0 saturated heterocycles. The number of carbonyl (C=O) groups is 2. The van der Waals surface area contributed by atoms with E-state index in [4.69, 9.17) is 0 Å². The van der Waals surface area contributed by atoms with Gasteiger partial charge in [-0.1, -0.05) is 31.7 Å². The van der Waals surface area contributed by atoms with Gasteiger partial charge in [0.05, 0.1) is 11.4 Å². The number of phenols is 1. The molecule has 5 nitrogen and oxygen atoms in total. The second-order valence-corrected chi connectivity index (χ2v) is 8.34. The number of rotatable bonds is 5. The molecule has 1 saturated carbocycles. The molecule has 0 radical (unpaired) electrons. The highest BCUT2D eigenvalue weighted by molar-refractivity contribution is 6.05. The van der Waals surface area contributed by atoms with Crippen molar-refractivity contribution < 1.29 is 33.0 Å². The SMILES string of the molecule is Cc1c(C(CC2CCCC2)C(=O)O)c2c(F)c(O)c(F)cc2n1C(=O)c1cccc(F)c1. The molecule has 3 aromatic rings. The molecule has 168 valence electrons. The fourth-order valence-corrected chi connectivity index (χ4v) is 4.87. The van der Waals surface area contributed by atoms with E-state index in [1.165, 1.54) is 19.1 Å². The van der Waals surface area contributed by atoms with Gasteiger partial charge >= 0.3 is 5.97 Å². The molecule has 2 N–H and O–H groups in total. The predicted molar refractivity (Wildman–Crippen MR) is 111 cm³/mol. The zero-order valence-electron chi connectivity index (χ0n) is 17.4. The summed E-state index contributed by atoms with van der Waals surface area (Å²) in [5, 5.41) is 19.6. The molecule has 1 aromatic heterocycles. The van der Waals surface area contributed by atoms with Gasteiger partial charge in [0.15, 0.2) is 17.4 Å². The zero-order chi connectivity index (χ0) is 23.2. The first-order valence-electron chi connectivity index (χ1n) is 10.5. The summed E-state index contributed by atoms with van der Waals surface area (Å²) in [6.45, 7) is 1.45. The van der Waals surface area contributed by atoms with Crippen molar-refractivity contribution in [1.82, 2.24) is 4.57 Å². The van der Waals surface area contributed by atoms with E-state index in [0.717, 1.165) is 48.4 Å². The lowest BCUT2D eigenvalue weighted by Crippen LogP contribution is -2.18. The van der Waals surface area contributed by atoms with Crippen LogP contribution in [0.4, 0.5) is 13.2 Å². The smallest absolute Gasteiger partial charge is 0.311 e. The molecule has 1 unspecified atom stereocenters. The lowest BCUT2D eigenvalue weighted by Gasteiger charge is -2.18. The van der Waals surface area contributed by atoms with Crippen molar-refractivity contribution in [1.29, 1.82) is 0 Å². The topological polar surface area (TPSA) is 79.5 Å². The van der Waals surface area contributed by atoms with Gasteiger partial charge in [-0.3, -0.25) is 14.2 Å². The summed E-state index contributed by atoms with van der Waals surface area (Å²) in [7, 11) is 0. The quantitative estimate of drug-likeness (QED) is 0.543. The van der Waals surface area contributed by atoms with E-state index in [9.17, 15) is 28.6 Å². The van der Waals surface area contributed by atoms with Crippen LogP contribution in [0.3, 0.4) is 0 Å². The van der Waals surface area contributed by atoms with Crippen molar-refractivity contribution in [3.05, 3.63) is 64.6 Å². The maximum atomic E-state index is 15.1. The van der Waals surface area contributed by atoms with E-state index >= 15 is 4.39 Å². The third-order valence-corrected chi connectivity index (χ3v) is 6.37. The molecule has 2 aromatic carbocycles. The summed E-state index contributed by atoms with van der Waals surface area (Å²) in [5.74, 6) is -7.47. The third-order valence-electron chi connectivity index (χ3n) is 6.37. The Balaban J connectivity index is 1.98. The Morgan fingerprint density at radius 3 is 2.47 bits per heavy atom. The molecule has 32 heavy (non-hydrogen) atoms. The summed E-state index contributed by atoms with van der Waals surface area (Å²) in [6.07, 6.45) is 3.91. The molecular weight excluding hydrogens is 423 g/mol. The summed E-state index contributed by atoms with van der Waals surface area (Å²) in [4.78, 5) is 25.5. The van der Waals surface area contributed by atoms with Crippen LogP contribution in [0.15, 0.2) is 30.3 Å². The minimum Gasteiger partial charge on any atom is -0.503 e. The average molecular weight is 445 g/mol. The highest BCUT2D eigenvalue weighted by Gasteiger charge is 2.34. The molecule has 8 heteroatoms. The summed E-state index contributed by atoms with van der Waals surface area (Å²) in [6, 6.07) is 5.64. The van der Waals surface area contributed by atoms with Gasteiger partial charge in [-0.25, -0.2) is 13.2 Å². The fourth-order valence-electron chi connectivity index (χ4n) is 4.87. The van der Waals surface area contributed by atoms with E-state index in [0.29, 0.717) is 0 Å². The van der Waals surface area contributed by atoms with Crippen LogP contribution in [0.2, 0.25) is 0 Å². The van der Waals surface area contributed by atoms with Crippen LogP contribution >= 0.6 is 0 Å². The number of fused-ring (bicyclic) bond motifs is 1. The standard InChI is InChI=1S/C24H22F3NO4/c1-12-19(16(24(31)32)9-13-5-2-3-6-13)20-18(11-17(26)22(29)21(20)27)28(12)23(30)14-7-4-8-15(25)10-14/h4,7-8,10-11,13,16,29H,2-3,5-6,9H2,1H3,(H,31,32). The monoisotopic (exact) mass is 445 g/mol. The number of nitrogens with zero attached hydrogens (tertiary/aromatic N) is 1. The van der Waals surface area contributed by atoms with E-state index in [1.54, 1.807) is 0 Å². The van der Waals surface area contributed by atoms with Crippen LogP contribution in [-0.2, 0) is 4.79 Å². The third kappa shape index (κ3) is 3.63. The minimum absolute atomic E-state index is 0.0250. The number of benzene rings is 2. The Labute approximate surface area is 182 Å². The Bertz CT molecular complexity index is 1230. The Morgan fingerprint density at radius 1 is 1.16 bits per heavy atom. The second kappa shape index (κ2) is 8.33. The van der Waals surface area contributed by atoms with Crippen molar-refractivity contribution in [2.24, 2.45) is 5.92 Å². The Morgan fingerprint density at radius 2 is 1.84 bits per heavy atom. The van der Waals surface area contributed by atoms with Crippen molar-refractivity contribution in [3.8, 4) is 5.75 Å². The van der Waals surface area contributed by atoms with Gasteiger partial charge in [0, 0.05) is 22.7 Å². The highest BCUT2D eigenvalue weighted by Crippen LogP contribution is 2.42. The van der Waals surface area contributed by atoms with E-state index in [-0.39, 0.29) is 40.1 Å². The van der Waals surface area contributed by atoms with Gasteiger partial charge in [0.25, 0.3) is 5.91 Å². The fraction of sp³-hybridized carbons (Fsp3) is 0.333. The molecule has 0 aliphatic heterocycles. The molecule has 1 fully saturated rings. The molecule has 1 aliphatic carbocycles. The molecule has 4 rings (SSSR count). The minimum atomic E-state index is -1.32. The Kier molecular flexibility index (Phi) is 5.71. The normalized spacial score (nSPS) is 15.4. The van der Waals surface area contributed by atoms with Crippen LogP contribution in [-0.4, -0.2) is 26.7 Å². The van der Waals surface area contributed by atoms with Gasteiger partial charge in [-0.2, -0.15) is 0 Å². The van der Waals surface area contributed by atoms with Crippen molar-refractivity contribution >= 4 is 22.8 Å². The zero-order valence-corrected chi connectivity index (χ0v) is 17.4. The van der Waals surface area contributed by atoms with Crippen LogP contribution in [0.5, 0.6) is 5.75 Å². The van der Waals surface area contributed by atoms with Gasteiger partial charge < -0.3 is 10.2 Å². The summed E-state index contributed by atoms with van der Waals surface area (Å²) >= 11 is 0. The first kappa shape index (κ1) is 21.9. The molecule has 0 amide bonds. The first-order chi connectivity index (χ1) is 15.2. The molecule has 1 heterocycles. The van der Waals surface area contributed by atoms with Crippen LogP contribution < -0.4 is 0 Å². The summed E-state index contributed by atoms with van der Waals surface area (Å²) in [5.41, 5.74) is -0.133. The maximum absolute atomic E-state index is 15.1. The number of carboxylic acid groups (broad SMARTS) is 1. The molecule has 1 atom stereocenters. The number of carboxylic acids is 1. The van der Waals surface area contributed by atoms with Crippen molar-refractivity contribution in [2.45, 2.75) is 44.9 Å². The number of carbonyl (C=O) groups excluding carboxylic acids is 1. The van der Waals surface area contributed by atoms with E-state index in [2.05, 4.69) is 0 Å². The van der Waals surface area contributed by atoms with Crippen LogP contribution in [0.1, 0.15) is 59.6 Å². The van der Waals surface area contributed by atoms with Crippen LogP contribution in [0.25, 0.3) is 10.9 Å². The van der Waals surface area contributed by atoms with Crippen molar-refractivity contribution in [2.75, 3.05) is 0 Å². The van der Waals surface area contributed by atoms with Crippen LogP contribution in [0, 0.1) is 30.3 Å². The highest BCUT2D eigenvalue weighted by atomic mass is 19.1. The largest absolute Gasteiger partial charge is 0.503 e. The number of hydrogen-bond donors (Lipinski definition) is 2.